The van der Waals surface area contributed by atoms with Crippen LogP contribution < -0.4 is 5.32 Å². The molecule has 3 nitrogen and oxygen atoms in total. The molecule has 1 rings (SSSR count). The molecule has 2 atom stereocenters. The van der Waals surface area contributed by atoms with Crippen molar-refractivity contribution in [3.05, 3.63) is 35.9 Å². The van der Waals surface area contributed by atoms with E-state index in [9.17, 15) is 5.11 Å². The SMILES string of the molecule is COCNC(C)[C@@H](O)c1ccccc1. The highest BCUT2D eigenvalue weighted by Crippen LogP contribution is 2.15. The van der Waals surface area contributed by atoms with Gasteiger partial charge in [-0.1, -0.05) is 30.3 Å². The highest BCUT2D eigenvalue weighted by molar-refractivity contribution is 5.18. The zero-order valence-corrected chi connectivity index (χ0v) is 8.60. The third-order valence-electron chi connectivity index (χ3n) is 2.16. The van der Waals surface area contributed by atoms with Crippen molar-refractivity contribution >= 4 is 0 Å². The lowest BCUT2D eigenvalue weighted by atomic mass is 10.0. The van der Waals surface area contributed by atoms with Crippen molar-refractivity contribution in [3.63, 3.8) is 0 Å². The third-order valence-corrected chi connectivity index (χ3v) is 2.16. The summed E-state index contributed by atoms with van der Waals surface area (Å²) in [7, 11) is 1.62. The highest BCUT2D eigenvalue weighted by Gasteiger charge is 2.14. The van der Waals surface area contributed by atoms with Crippen LogP contribution in [0, 0.1) is 0 Å². The lowest BCUT2D eigenvalue weighted by Crippen LogP contribution is -2.33. The molecule has 1 aromatic carbocycles. The van der Waals surface area contributed by atoms with E-state index in [2.05, 4.69) is 5.32 Å². The predicted molar refractivity (Wildman–Crippen MR) is 55.9 cm³/mol. The molecule has 0 aliphatic carbocycles. The predicted octanol–water partition coefficient (Wildman–Crippen LogP) is 1.30. The third kappa shape index (κ3) is 3.10. The highest BCUT2D eigenvalue weighted by atomic mass is 16.5. The van der Waals surface area contributed by atoms with Crippen molar-refractivity contribution in [1.29, 1.82) is 0 Å². The van der Waals surface area contributed by atoms with E-state index in [-0.39, 0.29) is 6.04 Å². The Bertz CT molecular complexity index is 251. The van der Waals surface area contributed by atoms with Gasteiger partial charge in [0, 0.05) is 13.2 Å². The molecule has 0 saturated heterocycles. The average Bonchev–Trinajstić information content (AvgIpc) is 2.26. The first-order chi connectivity index (χ1) is 6.75. The van der Waals surface area contributed by atoms with Gasteiger partial charge in [0.15, 0.2) is 0 Å². The molecule has 0 saturated carbocycles. The number of ether oxygens (including phenoxy) is 1. The second-order valence-corrected chi connectivity index (χ2v) is 3.28. The van der Waals surface area contributed by atoms with Crippen molar-refractivity contribution in [2.45, 2.75) is 19.1 Å². The first-order valence-corrected chi connectivity index (χ1v) is 4.71. The van der Waals surface area contributed by atoms with Gasteiger partial charge in [-0.3, -0.25) is 5.32 Å². The largest absolute Gasteiger partial charge is 0.387 e. The van der Waals surface area contributed by atoms with Gasteiger partial charge in [0.25, 0.3) is 0 Å². The Morgan fingerprint density at radius 1 is 1.36 bits per heavy atom. The van der Waals surface area contributed by atoms with Crippen molar-refractivity contribution in [3.8, 4) is 0 Å². The maximum atomic E-state index is 9.90. The molecule has 2 N–H and O–H groups in total. The van der Waals surface area contributed by atoms with Crippen LogP contribution in [0.4, 0.5) is 0 Å². The van der Waals surface area contributed by atoms with Gasteiger partial charge in [-0.05, 0) is 12.5 Å². The minimum atomic E-state index is -0.494. The summed E-state index contributed by atoms with van der Waals surface area (Å²) in [6.07, 6.45) is -0.494. The Morgan fingerprint density at radius 3 is 2.57 bits per heavy atom. The Labute approximate surface area is 84.7 Å². The Morgan fingerprint density at radius 2 is 2.00 bits per heavy atom. The lowest BCUT2D eigenvalue weighted by molar-refractivity contribution is 0.0988. The summed E-state index contributed by atoms with van der Waals surface area (Å²) in [4.78, 5) is 0. The zero-order chi connectivity index (χ0) is 10.4. The van der Waals surface area contributed by atoms with Crippen LogP contribution in [0.25, 0.3) is 0 Å². The van der Waals surface area contributed by atoms with E-state index < -0.39 is 6.10 Å². The molecule has 0 radical (unpaired) electrons. The minimum Gasteiger partial charge on any atom is -0.387 e. The fourth-order valence-corrected chi connectivity index (χ4v) is 1.27. The summed E-state index contributed by atoms with van der Waals surface area (Å²) in [6.45, 7) is 2.38. The normalized spacial score (nSPS) is 15.1. The monoisotopic (exact) mass is 195 g/mol. The fourth-order valence-electron chi connectivity index (χ4n) is 1.27. The summed E-state index contributed by atoms with van der Waals surface area (Å²) in [5, 5.41) is 13.0. The van der Waals surface area contributed by atoms with Crippen LogP contribution in [0.2, 0.25) is 0 Å². The molecule has 0 aliphatic heterocycles. The molecule has 78 valence electrons. The molecular weight excluding hydrogens is 178 g/mol. The van der Waals surface area contributed by atoms with Crippen molar-refractivity contribution in [2.24, 2.45) is 0 Å². The van der Waals surface area contributed by atoms with Crippen LogP contribution in [0.5, 0.6) is 0 Å². The first-order valence-electron chi connectivity index (χ1n) is 4.71. The summed E-state index contributed by atoms with van der Waals surface area (Å²) in [6, 6.07) is 9.58. The van der Waals surface area contributed by atoms with Crippen LogP contribution in [0.15, 0.2) is 30.3 Å². The molecule has 0 bridgehead atoms. The number of hydrogen-bond donors (Lipinski definition) is 2. The molecule has 1 aromatic rings. The zero-order valence-electron chi connectivity index (χ0n) is 8.60. The molecule has 1 unspecified atom stereocenters. The summed E-state index contributed by atoms with van der Waals surface area (Å²) in [5.41, 5.74) is 0.920. The van der Waals surface area contributed by atoms with E-state index in [0.29, 0.717) is 6.73 Å². The van der Waals surface area contributed by atoms with Gasteiger partial charge in [0.05, 0.1) is 12.8 Å². The molecule has 0 aromatic heterocycles. The maximum Gasteiger partial charge on any atom is 0.0964 e. The van der Waals surface area contributed by atoms with E-state index in [0.717, 1.165) is 5.56 Å². The van der Waals surface area contributed by atoms with Gasteiger partial charge < -0.3 is 9.84 Å². The number of rotatable bonds is 5. The number of aliphatic hydroxyl groups excluding tert-OH is 1. The number of nitrogens with one attached hydrogen (secondary N) is 1. The van der Waals surface area contributed by atoms with Gasteiger partial charge in [-0.2, -0.15) is 0 Å². The molecular formula is C11H17NO2. The van der Waals surface area contributed by atoms with Crippen molar-refractivity contribution < 1.29 is 9.84 Å². The minimum absolute atomic E-state index is 0.0163. The number of aliphatic hydroxyl groups is 1. The van der Waals surface area contributed by atoms with Gasteiger partial charge >= 0.3 is 0 Å². The Kier molecular flexibility index (Phi) is 4.59. The summed E-state index contributed by atoms with van der Waals surface area (Å²) < 4.78 is 4.88. The number of hydrogen-bond acceptors (Lipinski definition) is 3. The Balaban J connectivity index is 2.52. The average molecular weight is 195 g/mol. The molecule has 3 heteroatoms. The van der Waals surface area contributed by atoms with E-state index in [4.69, 9.17) is 4.74 Å². The smallest absolute Gasteiger partial charge is 0.0964 e. The molecule has 14 heavy (non-hydrogen) atoms. The lowest BCUT2D eigenvalue weighted by Gasteiger charge is -2.20. The van der Waals surface area contributed by atoms with Crippen LogP contribution >= 0.6 is 0 Å². The number of benzene rings is 1. The number of methoxy groups -OCH3 is 1. The van der Waals surface area contributed by atoms with E-state index >= 15 is 0 Å². The quantitative estimate of drug-likeness (QED) is 0.696. The molecule has 0 heterocycles. The molecule has 0 amide bonds. The van der Waals surface area contributed by atoms with Crippen LogP contribution in [-0.2, 0) is 4.74 Å². The van der Waals surface area contributed by atoms with Gasteiger partial charge in [-0.25, -0.2) is 0 Å². The van der Waals surface area contributed by atoms with Gasteiger partial charge in [0.2, 0.25) is 0 Å². The summed E-state index contributed by atoms with van der Waals surface area (Å²) in [5.74, 6) is 0. The van der Waals surface area contributed by atoms with E-state index in [1.807, 2.05) is 37.3 Å². The molecule has 0 aliphatic rings. The molecule has 0 spiro atoms. The fraction of sp³-hybridized carbons (Fsp3) is 0.455. The second kappa shape index (κ2) is 5.75. The maximum absolute atomic E-state index is 9.90. The van der Waals surface area contributed by atoms with Crippen molar-refractivity contribution in [2.75, 3.05) is 13.8 Å². The van der Waals surface area contributed by atoms with Gasteiger partial charge in [-0.15, -0.1) is 0 Å². The van der Waals surface area contributed by atoms with Crippen LogP contribution in [0.1, 0.15) is 18.6 Å². The van der Waals surface area contributed by atoms with Gasteiger partial charge in [0.1, 0.15) is 0 Å². The standard InChI is InChI=1S/C11H17NO2/c1-9(12-8-14-2)11(13)10-6-4-3-5-7-10/h3-7,9,11-13H,8H2,1-2H3/t9?,11-/m1/s1. The van der Waals surface area contributed by atoms with E-state index in [1.165, 1.54) is 0 Å². The van der Waals surface area contributed by atoms with Crippen LogP contribution in [-0.4, -0.2) is 25.0 Å². The second-order valence-electron chi connectivity index (χ2n) is 3.28. The molecule has 0 fully saturated rings. The first kappa shape index (κ1) is 11.2. The van der Waals surface area contributed by atoms with Crippen molar-refractivity contribution in [1.82, 2.24) is 5.32 Å². The van der Waals surface area contributed by atoms with Crippen LogP contribution in [0.3, 0.4) is 0 Å². The Hall–Kier alpha value is -0.900. The summed E-state index contributed by atoms with van der Waals surface area (Å²) >= 11 is 0. The van der Waals surface area contributed by atoms with E-state index in [1.54, 1.807) is 7.11 Å². The topological polar surface area (TPSA) is 41.5 Å².